The van der Waals surface area contributed by atoms with Gasteiger partial charge in [-0.2, -0.15) is 0 Å². The Bertz CT molecular complexity index is 578. The Morgan fingerprint density at radius 2 is 1.89 bits per heavy atom. The molecular weight excluding hydrogens is 569 g/mol. The van der Waals surface area contributed by atoms with Gasteiger partial charge in [0.15, 0.2) is 0 Å². The Balaban J connectivity index is 2.76. The molecule has 2 rings (SSSR count). The molecule has 1 aliphatic heterocycles. The number of alkyl halides is 2. The first-order chi connectivity index (χ1) is 8.43. The van der Waals surface area contributed by atoms with Gasteiger partial charge in [-0.05, 0) is 0 Å². The summed E-state index contributed by atoms with van der Waals surface area (Å²) in [6, 6.07) is 0. The number of rotatable bonds is 0. The van der Waals surface area contributed by atoms with Crippen molar-refractivity contribution in [3.63, 3.8) is 0 Å². The Labute approximate surface area is 140 Å². The molecule has 0 radical (unpaired) electrons. The molecule has 1 aromatic rings. The number of nitrogens with two attached hydrogens (primary N) is 4. The van der Waals surface area contributed by atoms with Crippen molar-refractivity contribution in [1.82, 2.24) is 0 Å². The van der Waals surface area contributed by atoms with E-state index in [1.807, 2.05) is 13.0 Å². The zero-order chi connectivity index (χ0) is 13.4. The van der Waals surface area contributed by atoms with Gasteiger partial charge >= 0.3 is 142 Å². The second kappa shape index (κ2) is 5.79. The fourth-order valence-corrected chi connectivity index (χ4v) is 10.2. The first-order valence-corrected chi connectivity index (χ1v) is 11.4. The van der Waals surface area contributed by atoms with Crippen molar-refractivity contribution < 1.29 is 21.2 Å². The summed E-state index contributed by atoms with van der Waals surface area (Å²) in [5, 5.41) is 0. The standard InChI is InChI=1S/C11H14I3N4/c1-4-7(12)10(17)5-2-6(15)11(18)14-3-13-8(5)9(4)16/h2H,3,15-18H2,1H3/q-1. The molecule has 0 saturated carbocycles. The first-order valence-electron chi connectivity index (χ1n) is 5.08. The van der Waals surface area contributed by atoms with E-state index in [2.05, 4.69) is 22.6 Å². The number of anilines is 2. The van der Waals surface area contributed by atoms with Gasteiger partial charge in [-0.3, -0.25) is 0 Å². The van der Waals surface area contributed by atoms with Gasteiger partial charge in [0.2, 0.25) is 0 Å². The quantitative estimate of drug-likeness (QED) is 0.167. The number of benzene rings is 1. The third-order valence-corrected chi connectivity index (χ3v) is 11.9. The summed E-state index contributed by atoms with van der Waals surface area (Å²) in [5.41, 5.74) is 28.9. The van der Waals surface area contributed by atoms with E-state index in [1.165, 1.54) is 3.57 Å². The summed E-state index contributed by atoms with van der Waals surface area (Å²) in [4.78, 5) is 0. The van der Waals surface area contributed by atoms with E-state index in [9.17, 15) is 0 Å². The van der Waals surface area contributed by atoms with Crippen molar-refractivity contribution in [2.75, 3.05) is 13.9 Å². The van der Waals surface area contributed by atoms with Gasteiger partial charge in [0.05, 0.1) is 0 Å². The van der Waals surface area contributed by atoms with Crippen molar-refractivity contribution >= 4 is 64.4 Å². The van der Waals surface area contributed by atoms with Gasteiger partial charge in [-0.1, -0.05) is 0 Å². The van der Waals surface area contributed by atoms with Crippen LogP contribution in [0.15, 0.2) is 5.70 Å². The normalized spacial score (nSPS) is 16.2. The second-order valence-electron chi connectivity index (χ2n) is 3.81. The van der Waals surface area contributed by atoms with Gasteiger partial charge in [0.25, 0.3) is 0 Å². The van der Waals surface area contributed by atoms with E-state index in [0.717, 1.165) is 32.1 Å². The van der Waals surface area contributed by atoms with Gasteiger partial charge in [0.1, 0.15) is 0 Å². The van der Waals surface area contributed by atoms with Crippen molar-refractivity contribution in [2.45, 2.75) is 6.92 Å². The van der Waals surface area contributed by atoms with E-state index in [0.29, 0.717) is 5.70 Å². The molecule has 0 bridgehead atoms. The molecule has 1 heterocycles. The van der Waals surface area contributed by atoms with E-state index in [1.54, 1.807) is 0 Å². The molecule has 0 saturated heterocycles. The number of hydrogen-bond donors (Lipinski definition) is 4. The molecule has 1 aromatic carbocycles. The molecule has 0 fully saturated rings. The molecule has 4 nitrogen and oxygen atoms in total. The summed E-state index contributed by atoms with van der Waals surface area (Å²) in [6.45, 7) is 2.03. The Hall–Kier alpha value is 0.380. The van der Waals surface area contributed by atoms with Gasteiger partial charge in [0, 0.05) is 0 Å². The van der Waals surface area contributed by atoms with Crippen LogP contribution in [0.1, 0.15) is 11.1 Å². The molecule has 7 heteroatoms. The first kappa shape index (κ1) is 14.8. The predicted octanol–water partition coefficient (Wildman–Crippen LogP) is -1.65. The number of halogens is 3. The van der Waals surface area contributed by atoms with E-state index < -0.39 is 0 Å². The van der Waals surface area contributed by atoms with Crippen LogP contribution in [0.4, 0.5) is 11.4 Å². The third kappa shape index (κ3) is 2.63. The van der Waals surface area contributed by atoms with E-state index >= 15 is 0 Å². The van der Waals surface area contributed by atoms with Crippen LogP contribution in [0.3, 0.4) is 0 Å². The van der Waals surface area contributed by atoms with Crippen LogP contribution in [0, 0.1) is 14.1 Å². The average molecular weight is 583 g/mol. The number of hydrogen-bond acceptors (Lipinski definition) is 4. The number of fused-ring (bicyclic) bond motifs is 1. The zero-order valence-corrected chi connectivity index (χ0v) is 16.2. The number of nitrogen functional groups attached to an aromatic ring is 2. The van der Waals surface area contributed by atoms with Crippen LogP contribution in [0.5, 0.6) is 0 Å². The van der Waals surface area contributed by atoms with Crippen LogP contribution < -0.4 is 44.1 Å². The fourth-order valence-electron chi connectivity index (χ4n) is 1.58. The maximum atomic E-state index is 6.24. The second-order valence-corrected chi connectivity index (χ2v) is 13.1. The molecule has 100 valence electrons. The zero-order valence-electron chi connectivity index (χ0n) is 9.73. The summed E-state index contributed by atoms with van der Waals surface area (Å²) in [7, 11) is 0. The minimum atomic E-state index is -0.148. The average Bonchev–Trinajstić information content (AvgIpc) is 2.34. The third-order valence-electron chi connectivity index (χ3n) is 2.69. The molecule has 0 unspecified atom stereocenters. The molecule has 18 heavy (non-hydrogen) atoms. The van der Waals surface area contributed by atoms with Gasteiger partial charge in [-0.15, -0.1) is 0 Å². The van der Waals surface area contributed by atoms with Gasteiger partial charge < -0.3 is 0 Å². The Morgan fingerprint density at radius 1 is 1.22 bits per heavy atom. The summed E-state index contributed by atoms with van der Waals surface area (Å²) in [6.07, 6.45) is 1.91. The van der Waals surface area contributed by atoms with Crippen molar-refractivity contribution in [3.05, 3.63) is 24.0 Å². The Morgan fingerprint density at radius 3 is 2.56 bits per heavy atom. The SMILES string of the molecule is Cc1c(N)c2c(c(N)c1I)C=C(N)C(N)=IC[I-]2. The van der Waals surface area contributed by atoms with E-state index in [4.69, 9.17) is 22.9 Å². The van der Waals surface area contributed by atoms with E-state index in [-0.39, 0.29) is 41.9 Å². The molecule has 0 spiro atoms. The van der Waals surface area contributed by atoms with Crippen LogP contribution in [0.2, 0.25) is 0 Å². The van der Waals surface area contributed by atoms with Crippen molar-refractivity contribution in [3.8, 4) is 0 Å². The van der Waals surface area contributed by atoms with Crippen LogP contribution >= 0.6 is 43.3 Å². The van der Waals surface area contributed by atoms with Crippen LogP contribution in [0.25, 0.3) is 6.08 Å². The van der Waals surface area contributed by atoms with Crippen molar-refractivity contribution in [1.29, 1.82) is 0 Å². The van der Waals surface area contributed by atoms with Crippen molar-refractivity contribution in [2.24, 2.45) is 11.5 Å². The predicted molar refractivity (Wildman–Crippen MR) is 91.7 cm³/mol. The molecule has 1 aliphatic rings. The summed E-state index contributed by atoms with van der Waals surface area (Å²) >= 11 is 1.97. The molecular formula is C11H14I3N4-. The summed E-state index contributed by atoms with van der Waals surface area (Å²) in [5.74, 6) is 0. The minimum absolute atomic E-state index is 0.125. The summed E-state index contributed by atoms with van der Waals surface area (Å²) < 4.78 is 4.28. The molecule has 0 aromatic heterocycles. The van der Waals surface area contributed by atoms with Gasteiger partial charge in [-0.25, -0.2) is 0 Å². The maximum absolute atomic E-state index is 6.24. The fraction of sp³-hybridized carbons (Fsp3) is 0.182. The Kier molecular flexibility index (Phi) is 4.75. The molecule has 0 amide bonds. The topological polar surface area (TPSA) is 104 Å². The molecule has 8 N–H and O–H groups in total. The molecule has 0 atom stereocenters. The van der Waals surface area contributed by atoms with Crippen LogP contribution in [-0.2, 0) is 0 Å². The van der Waals surface area contributed by atoms with Crippen LogP contribution in [-0.4, -0.2) is 6.07 Å². The molecule has 0 aliphatic carbocycles. The monoisotopic (exact) mass is 583 g/mol.